The van der Waals surface area contributed by atoms with Crippen molar-refractivity contribution in [3.63, 3.8) is 0 Å². The van der Waals surface area contributed by atoms with Crippen molar-refractivity contribution in [1.29, 1.82) is 0 Å². The van der Waals surface area contributed by atoms with Gasteiger partial charge in [-0.25, -0.2) is 4.98 Å². The second-order valence-electron chi connectivity index (χ2n) is 3.05. The second-order valence-corrected chi connectivity index (χ2v) is 4.27. The molecule has 1 amide bonds. The van der Waals surface area contributed by atoms with Crippen LogP contribution in [0.1, 0.15) is 0 Å². The minimum absolute atomic E-state index is 0.0905. The van der Waals surface area contributed by atoms with Gasteiger partial charge in [-0.1, -0.05) is 24.2 Å². The summed E-state index contributed by atoms with van der Waals surface area (Å²) in [5.41, 5.74) is 1.02. The number of rotatable bonds is 4. The van der Waals surface area contributed by atoms with Crippen LogP contribution in [0.3, 0.4) is 0 Å². The molecule has 7 heteroatoms. The van der Waals surface area contributed by atoms with Crippen LogP contribution in [0.25, 0.3) is 10.4 Å². The van der Waals surface area contributed by atoms with E-state index in [2.05, 4.69) is 27.5 Å². The van der Waals surface area contributed by atoms with Crippen LogP contribution in [0.5, 0.6) is 5.19 Å². The van der Waals surface area contributed by atoms with Crippen LogP contribution in [0.15, 0.2) is 30.7 Å². The SMILES string of the molecule is O=C(COc1ncc(-c2ccncc2)s1)NS. The number of hydrogen-bond donors (Lipinski definition) is 2. The fraction of sp³-hybridized carbons (Fsp3) is 0.100. The van der Waals surface area contributed by atoms with Gasteiger partial charge in [0.05, 0.1) is 4.88 Å². The summed E-state index contributed by atoms with van der Waals surface area (Å²) < 4.78 is 7.36. The van der Waals surface area contributed by atoms with Gasteiger partial charge in [-0.05, 0) is 17.7 Å². The summed E-state index contributed by atoms with van der Waals surface area (Å²) in [4.78, 5) is 19.9. The summed E-state index contributed by atoms with van der Waals surface area (Å²) in [6.07, 6.45) is 5.13. The Morgan fingerprint density at radius 3 is 2.94 bits per heavy atom. The molecule has 0 unspecified atom stereocenters. The number of nitrogens with zero attached hydrogens (tertiary/aromatic N) is 2. The molecule has 1 N–H and O–H groups in total. The molecule has 0 aliphatic rings. The zero-order valence-electron chi connectivity index (χ0n) is 8.66. The van der Waals surface area contributed by atoms with Gasteiger partial charge in [0, 0.05) is 18.6 Å². The predicted octanol–water partition coefficient (Wildman–Crippen LogP) is 1.54. The maximum absolute atomic E-state index is 10.9. The average Bonchev–Trinajstić information content (AvgIpc) is 2.86. The molecule has 0 fully saturated rings. The molecule has 2 rings (SSSR count). The Balaban J connectivity index is 2.04. The second kappa shape index (κ2) is 5.65. The van der Waals surface area contributed by atoms with Gasteiger partial charge in [-0.2, -0.15) is 0 Å². The molecule has 0 saturated carbocycles. The van der Waals surface area contributed by atoms with Gasteiger partial charge < -0.3 is 4.74 Å². The molecular formula is C10H9N3O2S2. The fourth-order valence-electron chi connectivity index (χ4n) is 1.13. The molecule has 0 aliphatic heterocycles. The number of amides is 1. The maximum atomic E-state index is 10.9. The summed E-state index contributed by atoms with van der Waals surface area (Å²) in [7, 11) is 0. The van der Waals surface area contributed by atoms with Gasteiger partial charge in [0.1, 0.15) is 0 Å². The molecule has 0 atom stereocenters. The van der Waals surface area contributed by atoms with Crippen molar-refractivity contribution in [1.82, 2.24) is 14.7 Å². The first kappa shape index (κ1) is 11.9. The van der Waals surface area contributed by atoms with E-state index in [-0.39, 0.29) is 12.5 Å². The van der Waals surface area contributed by atoms with Crippen LogP contribution >= 0.6 is 24.2 Å². The number of thiol groups is 1. The highest BCUT2D eigenvalue weighted by atomic mass is 32.1. The molecule has 0 aromatic carbocycles. The van der Waals surface area contributed by atoms with E-state index in [1.54, 1.807) is 18.6 Å². The minimum atomic E-state index is -0.311. The van der Waals surface area contributed by atoms with E-state index in [9.17, 15) is 4.79 Å². The number of hydrogen-bond acceptors (Lipinski definition) is 6. The molecular weight excluding hydrogens is 258 g/mol. The number of carbonyl (C=O) groups excluding carboxylic acids is 1. The van der Waals surface area contributed by atoms with Crippen molar-refractivity contribution in [3.05, 3.63) is 30.7 Å². The highest BCUT2D eigenvalue weighted by Gasteiger charge is 2.06. The smallest absolute Gasteiger partial charge is 0.274 e. The Kier molecular flexibility index (Phi) is 3.94. The molecule has 88 valence electrons. The zero-order chi connectivity index (χ0) is 12.1. The van der Waals surface area contributed by atoms with Gasteiger partial charge in [0.2, 0.25) is 0 Å². The highest BCUT2D eigenvalue weighted by Crippen LogP contribution is 2.29. The lowest BCUT2D eigenvalue weighted by atomic mass is 10.2. The summed E-state index contributed by atoms with van der Waals surface area (Å²) in [6.45, 7) is -0.0905. The van der Waals surface area contributed by atoms with Gasteiger partial charge in [-0.3, -0.25) is 14.5 Å². The Bertz CT molecular complexity index is 501. The predicted molar refractivity (Wildman–Crippen MR) is 68.0 cm³/mol. The maximum Gasteiger partial charge on any atom is 0.274 e. The van der Waals surface area contributed by atoms with E-state index in [1.807, 2.05) is 12.1 Å². The number of carbonyl (C=O) groups is 1. The molecule has 5 nitrogen and oxygen atoms in total. The molecule has 17 heavy (non-hydrogen) atoms. The van der Waals surface area contributed by atoms with Crippen LogP contribution in [-0.2, 0) is 4.79 Å². The van der Waals surface area contributed by atoms with Crippen molar-refractivity contribution < 1.29 is 9.53 Å². The number of aromatic nitrogens is 2. The van der Waals surface area contributed by atoms with Crippen molar-refractivity contribution in [2.75, 3.05) is 6.61 Å². The lowest BCUT2D eigenvalue weighted by molar-refractivity contribution is -0.121. The quantitative estimate of drug-likeness (QED) is 0.825. The first-order valence-electron chi connectivity index (χ1n) is 4.71. The molecule has 0 saturated heterocycles. The standard InChI is InChI=1S/C10H9N3O2S2/c14-9(13-16)6-15-10-12-5-8(17-10)7-1-3-11-4-2-7/h1-5,16H,6H2,(H,13,14). The third kappa shape index (κ3) is 3.18. The van der Waals surface area contributed by atoms with Crippen LogP contribution in [0.2, 0.25) is 0 Å². The number of ether oxygens (including phenoxy) is 1. The molecule has 2 heterocycles. The summed E-state index contributed by atoms with van der Waals surface area (Å²) in [6, 6.07) is 3.77. The van der Waals surface area contributed by atoms with Crippen molar-refractivity contribution in [2.24, 2.45) is 0 Å². The third-order valence-electron chi connectivity index (χ3n) is 1.90. The van der Waals surface area contributed by atoms with E-state index in [0.717, 1.165) is 10.4 Å². The minimum Gasteiger partial charge on any atom is -0.460 e. The van der Waals surface area contributed by atoms with Gasteiger partial charge in [0.25, 0.3) is 11.1 Å². The van der Waals surface area contributed by atoms with Gasteiger partial charge in [0.15, 0.2) is 6.61 Å². The van der Waals surface area contributed by atoms with Crippen LogP contribution in [-0.4, -0.2) is 22.5 Å². The summed E-state index contributed by atoms with van der Waals surface area (Å²) >= 11 is 4.99. The molecule has 0 spiro atoms. The Morgan fingerprint density at radius 1 is 1.47 bits per heavy atom. The summed E-state index contributed by atoms with van der Waals surface area (Å²) in [5, 5.41) is 0.453. The summed E-state index contributed by atoms with van der Waals surface area (Å²) in [5.74, 6) is -0.311. The lowest BCUT2D eigenvalue weighted by Gasteiger charge is -1.99. The van der Waals surface area contributed by atoms with Gasteiger partial charge in [-0.15, -0.1) is 0 Å². The van der Waals surface area contributed by atoms with E-state index in [4.69, 9.17) is 4.74 Å². The monoisotopic (exact) mass is 267 g/mol. The lowest BCUT2D eigenvalue weighted by Crippen LogP contribution is -2.20. The average molecular weight is 267 g/mol. The Morgan fingerprint density at radius 2 is 2.24 bits per heavy atom. The molecule has 0 radical (unpaired) electrons. The van der Waals surface area contributed by atoms with E-state index in [0.29, 0.717) is 5.19 Å². The molecule has 0 bridgehead atoms. The van der Waals surface area contributed by atoms with Crippen LogP contribution < -0.4 is 9.46 Å². The van der Waals surface area contributed by atoms with Crippen LogP contribution in [0, 0.1) is 0 Å². The molecule has 2 aromatic heterocycles. The number of thiazole rings is 1. The largest absolute Gasteiger partial charge is 0.460 e. The Hall–Kier alpha value is -1.60. The van der Waals surface area contributed by atoms with Crippen LogP contribution in [0.4, 0.5) is 0 Å². The third-order valence-corrected chi connectivity index (χ3v) is 3.11. The highest BCUT2D eigenvalue weighted by molar-refractivity contribution is 7.78. The number of pyridine rings is 1. The van der Waals surface area contributed by atoms with Crippen molar-refractivity contribution in [3.8, 4) is 15.6 Å². The normalized spacial score (nSPS) is 9.94. The first-order chi connectivity index (χ1) is 8.29. The van der Waals surface area contributed by atoms with Gasteiger partial charge >= 0.3 is 0 Å². The van der Waals surface area contributed by atoms with Crippen molar-refractivity contribution in [2.45, 2.75) is 0 Å². The van der Waals surface area contributed by atoms with E-state index in [1.165, 1.54) is 11.3 Å². The first-order valence-corrected chi connectivity index (χ1v) is 5.98. The molecule has 2 aromatic rings. The Labute approximate surface area is 107 Å². The van der Waals surface area contributed by atoms with Crippen molar-refractivity contribution >= 4 is 30.1 Å². The number of nitrogens with one attached hydrogen (secondary N) is 1. The fourth-order valence-corrected chi connectivity index (χ4v) is 1.97. The van der Waals surface area contributed by atoms with E-state index >= 15 is 0 Å². The van der Waals surface area contributed by atoms with E-state index < -0.39 is 0 Å². The molecule has 0 aliphatic carbocycles. The zero-order valence-corrected chi connectivity index (χ0v) is 10.4. The topological polar surface area (TPSA) is 64.1 Å².